The third kappa shape index (κ3) is 4.25. The number of carbonyl (C=O) groups is 2. The number of aromatic nitrogens is 3. The Hall–Kier alpha value is -3.87. The zero-order valence-electron chi connectivity index (χ0n) is 16.6. The maximum Gasteiger partial charge on any atom is 0.243 e. The largest absolute Gasteiger partial charge is 0.361 e. The van der Waals surface area contributed by atoms with E-state index >= 15 is 0 Å². The van der Waals surface area contributed by atoms with Crippen molar-refractivity contribution >= 4 is 22.7 Å². The highest BCUT2D eigenvalue weighted by molar-refractivity contribution is 5.89. The molecular weight excluding hydrogens is 378 g/mol. The molecule has 4 rings (SSSR count). The summed E-state index contributed by atoms with van der Waals surface area (Å²) in [7, 11) is 0. The number of para-hydroxylation sites is 2. The van der Waals surface area contributed by atoms with Crippen LogP contribution in [0.2, 0.25) is 0 Å². The molecule has 1 atom stereocenters. The molecule has 0 aliphatic carbocycles. The minimum absolute atomic E-state index is 0.226. The molecule has 3 N–H and O–H groups in total. The predicted molar refractivity (Wildman–Crippen MR) is 115 cm³/mol. The normalized spacial score (nSPS) is 11.9. The Morgan fingerprint density at radius 1 is 1.10 bits per heavy atom. The van der Waals surface area contributed by atoms with E-state index in [1.165, 1.54) is 6.92 Å². The first-order chi connectivity index (χ1) is 14.6. The van der Waals surface area contributed by atoms with E-state index < -0.39 is 6.04 Å². The summed E-state index contributed by atoms with van der Waals surface area (Å²) >= 11 is 0. The van der Waals surface area contributed by atoms with Gasteiger partial charge in [-0.05, 0) is 23.3 Å². The molecule has 0 bridgehead atoms. The SMILES string of the molecule is CC(=O)NC(Cc1c[nH]c2ccccc12)C(=O)NCc1ccccc1-n1ccnc1. The molecule has 2 aromatic carbocycles. The molecule has 7 nitrogen and oxygen atoms in total. The monoisotopic (exact) mass is 401 g/mol. The highest BCUT2D eigenvalue weighted by Gasteiger charge is 2.21. The van der Waals surface area contributed by atoms with Gasteiger partial charge in [0.2, 0.25) is 11.8 Å². The third-order valence-electron chi connectivity index (χ3n) is 5.02. The summed E-state index contributed by atoms with van der Waals surface area (Å²) in [5, 5.41) is 6.80. The summed E-state index contributed by atoms with van der Waals surface area (Å²) in [6, 6.07) is 15.0. The van der Waals surface area contributed by atoms with Crippen LogP contribution in [-0.4, -0.2) is 32.4 Å². The average molecular weight is 401 g/mol. The number of amides is 2. The minimum Gasteiger partial charge on any atom is -0.361 e. The Bertz CT molecular complexity index is 1160. The van der Waals surface area contributed by atoms with Gasteiger partial charge in [0, 0.05) is 49.4 Å². The van der Waals surface area contributed by atoms with Gasteiger partial charge in [-0.2, -0.15) is 0 Å². The maximum absolute atomic E-state index is 13.0. The fourth-order valence-electron chi connectivity index (χ4n) is 3.59. The zero-order valence-corrected chi connectivity index (χ0v) is 16.6. The van der Waals surface area contributed by atoms with Crippen LogP contribution in [0.15, 0.2) is 73.4 Å². The number of H-pyrrole nitrogens is 1. The van der Waals surface area contributed by atoms with Crippen LogP contribution in [0.3, 0.4) is 0 Å². The first kappa shape index (κ1) is 19.4. The van der Waals surface area contributed by atoms with Crippen LogP contribution in [0.4, 0.5) is 0 Å². The molecule has 0 aliphatic rings. The first-order valence-corrected chi connectivity index (χ1v) is 9.78. The van der Waals surface area contributed by atoms with Crippen LogP contribution in [0.5, 0.6) is 0 Å². The number of nitrogens with one attached hydrogen (secondary N) is 3. The molecule has 152 valence electrons. The average Bonchev–Trinajstić information content (AvgIpc) is 3.42. The van der Waals surface area contributed by atoms with Crippen LogP contribution in [0.1, 0.15) is 18.1 Å². The predicted octanol–water partition coefficient (Wildman–Crippen LogP) is 2.72. The second-order valence-corrected chi connectivity index (χ2v) is 7.13. The zero-order chi connectivity index (χ0) is 20.9. The van der Waals surface area contributed by atoms with Crippen molar-refractivity contribution in [2.45, 2.75) is 25.9 Å². The molecule has 0 aliphatic heterocycles. The van der Waals surface area contributed by atoms with Gasteiger partial charge in [0.25, 0.3) is 0 Å². The molecule has 1 unspecified atom stereocenters. The van der Waals surface area contributed by atoms with Crippen molar-refractivity contribution in [3.05, 3.63) is 84.6 Å². The number of rotatable bonds is 7. The first-order valence-electron chi connectivity index (χ1n) is 9.78. The van der Waals surface area contributed by atoms with Gasteiger partial charge in [-0.1, -0.05) is 36.4 Å². The fourth-order valence-corrected chi connectivity index (χ4v) is 3.59. The van der Waals surface area contributed by atoms with E-state index in [0.717, 1.165) is 27.7 Å². The fraction of sp³-hybridized carbons (Fsp3) is 0.174. The summed E-state index contributed by atoms with van der Waals surface area (Å²) < 4.78 is 1.90. The van der Waals surface area contributed by atoms with Crippen molar-refractivity contribution < 1.29 is 9.59 Å². The Balaban J connectivity index is 1.50. The summed E-state index contributed by atoms with van der Waals surface area (Å²) in [4.78, 5) is 32.0. The van der Waals surface area contributed by atoms with Gasteiger partial charge in [0.1, 0.15) is 6.04 Å². The molecule has 30 heavy (non-hydrogen) atoms. The summed E-state index contributed by atoms with van der Waals surface area (Å²) in [6.07, 6.45) is 7.58. The van der Waals surface area contributed by atoms with Crippen molar-refractivity contribution in [2.24, 2.45) is 0 Å². The van der Waals surface area contributed by atoms with E-state index in [-0.39, 0.29) is 11.8 Å². The lowest BCUT2D eigenvalue weighted by molar-refractivity contribution is -0.128. The number of nitrogens with zero attached hydrogens (tertiary/aromatic N) is 2. The molecule has 0 spiro atoms. The lowest BCUT2D eigenvalue weighted by atomic mass is 10.0. The molecule has 2 aromatic heterocycles. The molecule has 2 amide bonds. The lowest BCUT2D eigenvalue weighted by Gasteiger charge is -2.18. The number of fused-ring (bicyclic) bond motifs is 1. The molecule has 0 saturated heterocycles. The summed E-state index contributed by atoms with van der Waals surface area (Å²) in [6.45, 7) is 1.76. The van der Waals surface area contributed by atoms with E-state index in [4.69, 9.17) is 0 Å². The molecular formula is C23H23N5O2. The number of aromatic amines is 1. The Labute approximate surface area is 174 Å². The maximum atomic E-state index is 13.0. The standard InChI is InChI=1S/C23H23N5O2/c1-16(29)27-21(12-18-14-25-20-8-4-3-7-19(18)20)23(30)26-13-17-6-2-5-9-22(17)28-11-10-24-15-28/h2-11,14-15,21,25H,12-13H2,1H3,(H,26,30)(H,27,29). The smallest absolute Gasteiger partial charge is 0.243 e. The van der Waals surface area contributed by atoms with Crippen LogP contribution in [0.25, 0.3) is 16.6 Å². The molecule has 0 radical (unpaired) electrons. The van der Waals surface area contributed by atoms with Gasteiger partial charge < -0.3 is 20.2 Å². The van der Waals surface area contributed by atoms with Gasteiger partial charge in [0.15, 0.2) is 0 Å². The number of carbonyl (C=O) groups excluding carboxylic acids is 2. The number of hydrogen-bond donors (Lipinski definition) is 3. The second-order valence-electron chi connectivity index (χ2n) is 7.13. The highest BCUT2D eigenvalue weighted by Crippen LogP contribution is 2.19. The van der Waals surface area contributed by atoms with Crippen LogP contribution in [0, 0.1) is 0 Å². The van der Waals surface area contributed by atoms with Gasteiger partial charge in [0.05, 0.1) is 12.0 Å². The van der Waals surface area contributed by atoms with Crippen molar-refractivity contribution in [1.29, 1.82) is 0 Å². The van der Waals surface area contributed by atoms with Crippen LogP contribution < -0.4 is 10.6 Å². The van der Waals surface area contributed by atoms with Crippen molar-refractivity contribution in [1.82, 2.24) is 25.2 Å². The van der Waals surface area contributed by atoms with Crippen LogP contribution in [-0.2, 0) is 22.6 Å². The summed E-state index contributed by atoms with van der Waals surface area (Å²) in [5.74, 6) is -0.468. The van der Waals surface area contributed by atoms with Crippen molar-refractivity contribution in [3.63, 3.8) is 0 Å². The number of benzene rings is 2. The Kier molecular flexibility index (Phi) is 5.61. The minimum atomic E-state index is -0.665. The Morgan fingerprint density at radius 3 is 2.70 bits per heavy atom. The quantitative estimate of drug-likeness (QED) is 0.445. The Morgan fingerprint density at radius 2 is 1.90 bits per heavy atom. The van der Waals surface area contributed by atoms with Crippen LogP contribution >= 0.6 is 0 Å². The third-order valence-corrected chi connectivity index (χ3v) is 5.02. The van der Waals surface area contributed by atoms with Crippen molar-refractivity contribution in [2.75, 3.05) is 0 Å². The van der Waals surface area contributed by atoms with Gasteiger partial charge in [-0.3, -0.25) is 9.59 Å². The summed E-state index contributed by atoms with van der Waals surface area (Å²) in [5.41, 5.74) is 3.89. The van der Waals surface area contributed by atoms with Crippen molar-refractivity contribution in [3.8, 4) is 5.69 Å². The number of imidazole rings is 1. The van der Waals surface area contributed by atoms with Gasteiger partial charge in [-0.25, -0.2) is 4.98 Å². The van der Waals surface area contributed by atoms with E-state index in [1.54, 1.807) is 12.5 Å². The van der Waals surface area contributed by atoms with E-state index in [1.807, 2.05) is 65.5 Å². The van der Waals surface area contributed by atoms with E-state index in [0.29, 0.717) is 13.0 Å². The molecule has 0 saturated carbocycles. The molecule has 7 heteroatoms. The molecule has 4 aromatic rings. The highest BCUT2D eigenvalue weighted by atomic mass is 16.2. The number of hydrogen-bond acceptors (Lipinski definition) is 3. The van der Waals surface area contributed by atoms with E-state index in [9.17, 15) is 9.59 Å². The second kappa shape index (κ2) is 8.65. The molecule has 0 fully saturated rings. The molecule has 2 heterocycles. The van der Waals surface area contributed by atoms with Gasteiger partial charge in [-0.15, -0.1) is 0 Å². The van der Waals surface area contributed by atoms with E-state index in [2.05, 4.69) is 20.6 Å². The van der Waals surface area contributed by atoms with Gasteiger partial charge >= 0.3 is 0 Å². The lowest BCUT2D eigenvalue weighted by Crippen LogP contribution is -2.47. The topological polar surface area (TPSA) is 91.8 Å².